The van der Waals surface area contributed by atoms with Crippen molar-refractivity contribution in [2.75, 3.05) is 13.2 Å². The average molecular weight is 496 g/mol. The number of fused-ring (bicyclic) bond motifs is 2. The first-order valence-corrected chi connectivity index (χ1v) is 10.8. The Bertz CT molecular complexity index is 1600. The largest absolute Gasteiger partial charge is 0.490 e. The quantitative estimate of drug-likeness (QED) is 0.311. The third-order valence-corrected chi connectivity index (χ3v) is 5.30. The van der Waals surface area contributed by atoms with Gasteiger partial charge in [0.1, 0.15) is 52.8 Å². The van der Waals surface area contributed by atoms with Crippen molar-refractivity contribution in [3.63, 3.8) is 0 Å². The highest BCUT2D eigenvalue weighted by molar-refractivity contribution is 5.91. The molecule has 3 N–H and O–H groups in total. The van der Waals surface area contributed by atoms with Gasteiger partial charge < -0.3 is 33.6 Å². The second-order valence-electron chi connectivity index (χ2n) is 7.75. The van der Waals surface area contributed by atoms with Crippen molar-refractivity contribution in [3.8, 4) is 11.5 Å². The summed E-state index contributed by atoms with van der Waals surface area (Å²) in [6.07, 6.45) is -0.719. The second kappa shape index (κ2) is 9.92. The molecule has 36 heavy (non-hydrogen) atoms. The number of aliphatic hydroxyl groups excluding tert-OH is 1. The summed E-state index contributed by atoms with van der Waals surface area (Å²) in [6, 6.07) is 9.25. The van der Waals surface area contributed by atoms with E-state index in [1.165, 1.54) is 24.3 Å². The lowest BCUT2D eigenvalue weighted by molar-refractivity contribution is 0.0636. The minimum absolute atomic E-state index is 0.0121. The third kappa shape index (κ3) is 4.77. The van der Waals surface area contributed by atoms with Crippen LogP contribution in [0.3, 0.4) is 0 Å². The first kappa shape index (κ1) is 24.5. The smallest absolute Gasteiger partial charge is 0.371 e. The molecule has 2 aromatic carbocycles. The fourth-order valence-electron chi connectivity index (χ4n) is 3.62. The van der Waals surface area contributed by atoms with E-state index in [1.807, 2.05) is 6.92 Å². The van der Waals surface area contributed by atoms with E-state index in [0.29, 0.717) is 12.0 Å². The van der Waals surface area contributed by atoms with Gasteiger partial charge in [-0.25, -0.2) is 9.59 Å². The van der Waals surface area contributed by atoms with E-state index in [4.69, 9.17) is 23.4 Å². The fourth-order valence-corrected chi connectivity index (χ4v) is 3.62. The van der Waals surface area contributed by atoms with Crippen LogP contribution < -0.4 is 20.3 Å². The van der Waals surface area contributed by atoms with E-state index in [2.05, 4.69) is 0 Å². The lowest BCUT2D eigenvalue weighted by Crippen LogP contribution is -2.25. The molecule has 11 heteroatoms. The number of aliphatic hydroxyl groups is 1. The molecule has 2 heterocycles. The van der Waals surface area contributed by atoms with Gasteiger partial charge in [0.2, 0.25) is 11.5 Å². The molecule has 0 saturated carbocycles. The summed E-state index contributed by atoms with van der Waals surface area (Å²) < 4.78 is 21.8. The zero-order chi connectivity index (χ0) is 26.0. The molecule has 1 atom stereocenters. The summed E-state index contributed by atoms with van der Waals surface area (Å²) in [6.45, 7) is 1.21. The van der Waals surface area contributed by atoms with Gasteiger partial charge in [-0.2, -0.15) is 0 Å². The Kier molecular flexibility index (Phi) is 6.75. The van der Waals surface area contributed by atoms with E-state index in [9.17, 15) is 29.4 Å². The Morgan fingerprint density at radius 3 is 2.06 bits per heavy atom. The van der Waals surface area contributed by atoms with E-state index in [1.54, 1.807) is 6.07 Å². The van der Waals surface area contributed by atoms with Crippen LogP contribution in [0.15, 0.2) is 60.9 Å². The number of carboxylic acid groups (broad SMARTS) is 2. The molecule has 11 nitrogen and oxygen atoms in total. The standard InChI is InChI=1S/C25H20O11/c1-2-12-6-7-17(22-15(28)9-20(25(31)32)36-23(12)22)34-11-13(26)10-33-16-4-3-5-18-21(16)14(27)8-19(35-18)24(29)30/h3-9,13,26H,2,10-11H2,1H3,(H,29,30)(H,31,32). The molecule has 4 rings (SSSR count). The van der Waals surface area contributed by atoms with Crippen LogP contribution in [-0.4, -0.2) is 46.6 Å². The summed E-state index contributed by atoms with van der Waals surface area (Å²) in [5.74, 6) is -3.60. The van der Waals surface area contributed by atoms with Crippen molar-refractivity contribution in [2.24, 2.45) is 0 Å². The van der Waals surface area contributed by atoms with Gasteiger partial charge >= 0.3 is 11.9 Å². The molecule has 4 aromatic rings. The molecule has 186 valence electrons. The third-order valence-electron chi connectivity index (χ3n) is 5.30. The predicted octanol–water partition coefficient (Wildman–Crippen LogP) is 2.68. The monoisotopic (exact) mass is 496 g/mol. The Morgan fingerprint density at radius 2 is 1.44 bits per heavy atom. The van der Waals surface area contributed by atoms with Gasteiger partial charge in [-0.3, -0.25) is 9.59 Å². The van der Waals surface area contributed by atoms with Crippen molar-refractivity contribution in [2.45, 2.75) is 19.4 Å². The number of hydrogen-bond acceptors (Lipinski definition) is 9. The van der Waals surface area contributed by atoms with Crippen LogP contribution >= 0.6 is 0 Å². The highest BCUT2D eigenvalue weighted by atomic mass is 16.5. The van der Waals surface area contributed by atoms with Gasteiger partial charge in [0.05, 0.1) is 0 Å². The lowest BCUT2D eigenvalue weighted by Gasteiger charge is -2.16. The predicted molar refractivity (Wildman–Crippen MR) is 125 cm³/mol. The highest BCUT2D eigenvalue weighted by Gasteiger charge is 2.19. The maximum atomic E-state index is 12.6. The Morgan fingerprint density at radius 1 is 0.861 bits per heavy atom. The highest BCUT2D eigenvalue weighted by Crippen LogP contribution is 2.28. The molecule has 0 spiro atoms. The van der Waals surface area contributed by atoms with Crippen LogP contribution in [0.1, 0.15) is 33.6 Å². The number of carboxylic acids is 2. The Labute approximate surface area is 201 Å². The molecule has 0 bridgehead atoms. The molecule has 2 aromatic heterocycles. The molecule has 0 aliphatic carbocycles. The summed E-state index contributed by atoms with van der Waals surface area (Å²) >= 11 is 0. The summed E-state index contributed by atoms with van der Waals surface area (Å²) in [4.78, 5) is 47.4. The van der Waals surface area contributed by atoms with Gasteiger partial charge in [-0.05, 0) is 30.2 Å². The van der Waals surface area contributed by atoms with Crippen LogP contribution in [0, 0.1) is 0 Å². The van der Waals surface area contributed by atoms with Gasteiger partial charge in [-0.1, -0.05) is 19.1 Å². The number of aromatic carboxylic acids is 2. The number of ether oxygens (including phenoxy) is 2. The first-order valence-electron chi connectivity index (χ1n) is 10.8. The second-order valence-corrected chi connectivity index (χ2v) is 7.75. The SMILES string of the molecule is CCc1ccc(OCC(O)COc2cccc3oc(C(=O)O)cc(=O)c23)c2c(=O)cc(C(=O)O)oc12. The van der Waals surface area contributed by atoms with Crippen molar-refractivity contribution >= 4 is 33.9 Å². The Balaban J connectivity index is 1.53. The van der Waals surface area contributed by atoms with Crippen molar-refractivity contribution in [1.82, 2.24) is 0 Å². The van der Waals surface area contributed by atoms with Crippen LogP contribution in [-0.2, 0) is 6.42 Å². The van der Waals surface area contributed by atoms with E-state index in [0.717, 1.165) is 12.1 Å². The zero-order valence-corrected chi connectivity index (χ0v) is 18.8. The summed E-state index contributed by atoms with van der Waals surface area (Å²) in [7, 11) is 0. The zero-order valence-electron chi connectivity index (χ0n) is 18.8. The normalized spacial score (nSPS) is 11.9. The van der Waals surface area contributed by atoms with Crippen LogP contribution in [0.2, 0.25) is 0 Å². The van der Waals surface area contributed by atoms with Crippen molar-refractivity contribution in [1.29, 1.82) is 0 Å². The van der Waals surface area contributed by atoms with Gasteiger partial charge in [0.15, 0.2) is 10.9 Å². The van der Waals surface area contributed by atoms with Crippen LogP contribution in [0.5, 0.6) is 11.5 Å². The van der Waals surface area contributed by atoms with Crippen LogP contribution in [0.25, 0.3) is 21.9 Å². The van der Waals surface area contributed by atoms with Crippen LogP contribution in [0.4, 0.5) is 0 Å². The minimum atomic E-state index is -1.39. The molecular formula is C25H20O11. The molecule has 0 radical (unpaired) electrons. The fraction of sp³-hybridized carbons (Fsp3) is 0.200. The molecule has 0 amide bonds. The van der Waals surface area contributed by atoms with Gasteiger partial charge in [-0.15, -0.1) is 0 Å². The molecule has 1 unspecified atom stereocenters. The lowest BCUT2D eigenvalue weighted by atomic mass is 10.1. The molecule has 0 fully saturated rings. The maximum absolute atomic E-state index is 12.6. The van der Waals surface area contributed by atoms with Crippen molar-refractivity contribution in [3.05, 3.63) is 80.0 Å². The molecular weight excluding hydrogens is 476 g/mol. The topological polar surface area (TPSA) is 174 Å². The summed E-state index contributed by atoms with van der Waals surface area (Å²) in [5, 5.41) is 28.7. The molecule has 0 aliphatic heterocycles. The molecule has 0 aliphatic rings. The Hall–Kier alpha value is -4.64. The summed E-state index contributed by atoms with van der Waals surface area (Å²) in [5.41, 5.74) is -0.507. The van der Waals surface area contributed by atoms with E-state index in [-0.39, 0.29) is 46.7 Å². The average Bonchev–Trinajstić information content (AvgIpc) is 2.85. The van der Waals surface area contributed by atoms with Crippen molar-refractivity contribution < 1.29 is 43.2 Å². The molecule has 0 saturated heterocycles. The van der Waals surface area contributed by atoms with Gasteiger partial charge in [0, 0.05) is 12.1 Å². The van der Waals surface area contributed by atoms with Gasteiger partial charge in [0.25, 0.3) is 0 Å². The first-order chi connectivity index (χ1) is 17.2. The maximum Gasteiger partial charge on any atom is 0.371 e. The van der Waals surface area contributed by atoms with E-state index < -0.39 is 40.4 Å². The minimum Gasteiger partial charge on any atom is -0.490 e. The number of benzene rings is 2. The number of aryl methyl sites for hydroxylation is 1. The van der Waals surface area contributed by atoms with E-state index >= 15 is 0 Å². The number of carbonyl (C=O) groups is 2. The number of hydrogen-bond donors (Lipinski definition) is 3. The number of rotatable bonds is 9.